The Morgan fingerprint density at radius 1 is 0.868 bits per heavy atom. The van der Waals surface area contributed by atoms with Gasteiger partial charge in [0.15, 0.2) is 0 Å². The molecule has 0 aromatic heterocycles. The summed E-state index contributed by atoms with van der Waals surface area (Å²) in [7, 11) is -4.05. The van der Waals surface area contributed by atoms with Gasteiger partial charge in [0, 0.05) is 12.6 Å². The first-order valence-electron chi connectivity index (χ1n) is 12.9. The van der Waals surface area contributed by atoms with Gasteiger partial charge in [-0.25, -0.2) is 8.42 Å². The van der Waals surface area contributed by atoms with E-state index in [1.165, 1.54) is 17.0 Å². The van der Waals surface area contributed by atoms with Gasteiger partial charge in [0.25, 0.3) is 10.0 Å². The molecule has 3 rings (SSSR count). The maximum absolute atomic E-state index is 13.9. The average Bonchev–Trinajstić information content (AvgIpc) is 2.90. The molecule has 0 aliphatic carbocycles. The molecule has 2 amide bonds. The molecule has 0 radical (unpaired) electrons. The summed E-state index contributed by atoms with van der Waals surface area (Å²) in [6, 6.07) is 24.0. The predicted octanol–water partition coefficient (Wildman–Crippen LogP) is 4.56. The first kappa shape index (κ1) is 28.9. The number of benzene rings is 3. The van der Waals surface area contributed by atoms with Gasteiger partial charge >= 0.3 is 0 Å². The summed E-state index contributed by atoms with van der Waals surface area (Å²) in [5.41, 5.74) is 2.38. The van der Waals surface area contributed by atoms with E-state index >= 15 is 0 Å². The Hall–Kier alpha value is -3.65. The highest BCUT2D eigenvalue weighted by Gasteiger charge is 2.33. The molecule has 0 spiro atoms. The van der Waals surface area contributed by atoms with Gasteiger partial charge in [-0.05, 0) is 63.4 Å². The average molecular weight is 536 g/mol. The number of hydrogen-bond donors (Lipinski definition) is 1. The summed E-state index contributed by atoms with van der Waals surface area (Å²) in [5, 5.41) is 2.91. The zero-order valence-electron chi connectivity index (χ0n) is 22.5. The van der Waals surface area contributed by atoms with Gasteiger partial charge in [0.1, 0.15) is 12.6 Å². The molecule has 0 saturated carbocycles. The lowest BCUT2D eigenvalue weighted by molar-refractivity contribution is -0.139. The van der Waals surface area contributed by atoms with Crippen LogP contribution < -0.4 is 9.62 Å². The minimum absolute atomic E-state index is 0.0915. The van der Waals surface area contributed by atoms with Crippen LogP contribution in [0.15, 0.2) is 89.8 Å². The molecule has 0 aliphatic heterocycles. The fraction of sp³-hybridized carbons (Fsp3) is 0.333. The SMILES string of the molecule is CC[C@@H](C(=O)NC(C)C)N(CCc1ccccc1)C(=O)CN(c1ccc(C)cc1)S(=O)(=O)c1ccccc1. The fourth-order valence-electron chi connectivity index (χ4n) is 4.24. The van der Waals surface area contributed by atoms with Crippen molar-refractivity contribution in [1.82, 2.24) is 10.2 Å². The molecule has 0 aliphatic rings. The maximum atomic E-state index is 13.9. The summed E-state index contributed by atoms with van der Waals surface area (Å²) in [5.74, 6) is -0.691. The van der Waals surface area contributed by atoms with Gasteiger partial charge < -0.3 is 10.2 Å². The molecule has 3 aromatic carbocycles. The predicted molar refractivity (Wildman–Crippen MR) is 151 cm³/mol. The Morgan fingerprint density at radius 3 is 2.00 bits per heavy atom. The molecule has 0 saturated heterocycles. The third kappa shape index (κ3) is 7.44. The van der Waals surface area contributed by atoms with Crippen LogP contribution in [0.25, 0.3) is 0 Å². The molecule has 1 atom stereocenters. The van der Waals surface area contributed by atoms with E-state index in [-0.39, 0.29) is 23.4 Å². The van der Waals surface area contributed by atoms with E-state index in [0.717, 1.165) is 15.4 Å². The lowest BCUT2D eigenvalue weighted by Gasteiger charge is -2.33. The van der Waals surface area contributed by atoms with Crippen molar-refractivity contribution in [1.29, 1.82) is 0 Å². The monoisotopic (exact) mass is 535 g/mol. The Labute approximate surface area is 226 Å². The van der Waals surface area contributed by atoms with Gasteiger partial charge in [0.2, 0.25) is 11.8 Å². The molecule has 0 unspecified atom stereocenters. The van der Waals surface area contributed by atoms with E-state index in [1.54, 1.807) is 30.3 Å². The lowest BCUT2D eigenvalue weighted by Crippen LogP contribution is -2.54. The molecule has 8 heteroatoms. The van der Waals surface area contributed by atoms with Crippen LogP contribution in [-0.4, -0.2) is 50.3 Å². The number of sulfonamides is 1. The highest BCUT2D eigenvalue weighted by atomic mass is 32.2. The molecule has 0 heterocycles. The van der Waals surface area contributed by atoms with Crippen LogP contribution in [0.1, 0.15) is 38.3 Å². The van der Waals surface area contributed by atoms with E-state index < -0.39 is 28.5 Å². The second kappa shape index (κ2) is 13.2. The molecular weight excluding hydrogens is 498 g/mol. The Balaban J connectivity index is 1.99. The zero-order chi connectivity index (χ0) is 27.7. The lowest BCUT2D eigenvalue weighted by atomic mass is 10.1. The number of aryl methyl sites for hydroxylation is 1. The summed E-state index contributed by atoms with van der Waals surface area (Å²) in [6.45, 7) is 7.35. The van der Waals surface area contributed by atoms with Crippen molar-refractivity contribution in [3.63, 3.8) is 0 Å². The van der Waals surface area contributed by atoms with Crippen LogP contribution in [0.2, 0.25) is 0 Å². The topological polar surface area (TPSA) is 86.8 Å². The number of rotatable bonds is 12. The first-order chi connectivity index (χ1) is 18.1. The summed E-state index contributed by atoms with van der Waals surface area (Å²) >= 11 is 0. The Kier molecular flexibility index (Phi) is 10.1. The van der Waals surface area contributed by atoms with Crippen molar-refractivity contribution >= 4 is 27.5 Å². The van der Waals surface area contributed by atoms with Crippen LogP contribution in [-0.2, 0) is 26.0 Å². The molecule has 1 N–H and O–H groups in total. The van der Waals surface area contributed by atoms with Crippen LogP contribution in [0.3, 0.4) is 0 Å². The van der Waals surface area contributed by atoms with Gasteiger partial charge in [-0.3, -0.25) is 13.9 Å². The number of hydrogen-bond acceptors (Lipinski definition) is 4. The van der Waals surface area contributed by atoms with Crippen molar-refractivity contribution in [2.75, 3.05) is 17.4 Å². The number of nitrogens with zero attached hydrogens (tertiary/aromatic N) is 2. The number of nitrogens with one attached hydrogen (secondary N) is 1. The standard InChI is InChI=1S/C30H37N3O4S/c1-5-28(30(35)31-23(2)3)32(21-20-25-12-8-6-9-13-25)29(34)22-33(26-18-16-24(4)17-19-26)38(36,37)27-14-10-7-11-15-27/h6-19,23,28H,5,20-22H2,1-4H3,(H,31,35)/t28-/m0/s1. The second-order valence-corrected chi connectivity index (χ2v) is 11.4. The van der Waals surface area contributed by atoms with Crippen molar-refractivity contribution in [3.05, 3.63) is 96.1 Å². The number of carbonyl (C=O) groups excluding carboxylic acids is 2. The van der Waals surface area contributed by atoms with E-state index in [4.69, 9.17) is 0 Å². The Bertz CT molecular complexity index is 1290. The van der Waals surface area contributed by atoms with E-state index in [0.29, 0.717) is 18.5 Å². The van der Waals surface area contributed by atoms with Gasteiger partial charge in [0.05, 0.1) is 10.6 Å². The fourth-order valence-corrected chi connectivity index (χ4v) is 5.67. The highest BCUT2D eigenvalue weighted by Crippen LogP contribution is 2.25. The number of anilines is 1. The molecule has 0 fully saturated rings. The quantitative estimate of drug-likeness (QED) is 0.368. The van der Waals surface area contributed by atoms with E-state index in [2.05, 4.69) is 5.32 Å². The molecule has 0 bridgehead atoms. The van der Waals surface area contributed by atoms with Crippen molar-refractivity contribution in [2.45, 2.75) is 57.5 Å². The molecule has 3 aromatic rings. The van der Waals surface area contributed by atoms with Crippen LogP contribution in [0.4, 0.5) is 5.69 Å². The summed E-state index contributed by atoms with van der Waals surface area (Å²) in [6.07, 6.45) is 0.934. The number of carbonyl (C=O) groups is 2. The minimum atomic E-state index is -4.05. The molecule has 202 valence electrons. The Morgan fingerprint density at radius 2 is 1.45 bits per heavy atom. The van der Waals surface area contributed by atoms with Crippen LogP contribution in [0.5, 0.6) is 0 Å². The number of amides is 2. The van der Waals surface area contributed by atoms with Gasteiger partial charge in [-0.15, -0.1) is 0 Å². The molecule has 7 nitrogen and oxygen atoms in total. The van der Waals surface area contributed by atoms with Crippen LogP contribution in [0, 0.1) is 6.92 Å². The van der Waals surface area contributed by atoms with E-state index in [1.807, 2.05) is 70.2 Å². The minimum Gasteiger partial charge on any atom is -0.352 e. The third-order valence-electron chi connectivity index (χ3n) is 6.23. The smallest absolute Gasteiger partial charge is 0.264 e. The second-order valence-electron chi connectivity index (χ2n) is 9.57. The van der Waals surface area contributed by atoms with E-state index in [9.17, 15) is 18.0 Å². The maximum Gasteiger partial charge on any atom is 0.264 e. The molecule has 38 heavy (non-hydrogen) atoms. The van der Waals surface area contributed by atoms with Crippen molar-refractivity contribution in [3.8, 4) is 0 Å². The van der Waals surface area contributed by atoms with Crippen molar-refractivity contribution in [2.24, 2.45) is 0 Å². The van der Waals surface area contributed by atoms with Gasteiger partial charge in [-0.1, -0.05) is 73.2 Å². The largest absolute Gasteiger partial charge is 0.352 e. The van der Waals surface area contributed by atoms with Crippen molar-refractivity contribution < 1.29 is 18.0 Å². The first-order valence-corrected chi connectivity index (χ1v) is 14.4. The van der Waals surface area contributed by atoms with Gasteiger partial charge in [-0.2, -0.15) is 0 Å². The van der Waals surface area contributed by atoms with Crippen LogP contribution >= 0.6 is 0 Å². The third-order valence-corrected chi connectivity index (χ3v) is 8.02. The highest BCUT2D eigenvalue weighted by molar-refractivity contribution is 7.92. The summed E-state index contributed by atoms with van der Waals surface area (Å²) in [4.78, 5) is 28.7. The normalized spacial score (nSPS) is 12.1. The summed E-state index contributed by atoms with van der Waals surface area (Å²) < 4.78 is 28.6. The molecular formula is C30H37N3O4S. The zero-order valence-corrected chi connectivity index (χ0v) is 23.3.